The molecule has 0 spiro atoms. The minimum Gasteiger partial charge on any atom is -0.493 e. The van der Waals surface area contributed by atoms with Crippen molar-refractivity contribution in [2.24, 2.45) is 5.50 Å². The Kier molecular flexibility index (Phi) is 3.48. The predicted molar refractivity (Wildman–Crippen MR) is 50.8 cm³/mol. The van der Waals surface area contributed by atoms with Crippen LogP contribution >= 0.6 is 7.52 Å². The van der Waals surface area contributed by atoms with Crippen LogP contribution in [0.1, 0.15) is 0 Å². The third-order valence-corrected chi connectivity index (χ3v) is 2.25. The Bertz CT molecular complexity index is 296. The van der Waals surface area contributed by atoms with Gasteiger partial charge in [0.1, 0.15) is 5.75 Å². The Balaban J connectivity index is 2.33. The van der Waals surface area contributed by atoms with Gasteiger partial charge in [0, 0.05) is 0 Å². The van der Waals surface area contributed by atoms with Crippen LogP contribution in [-0.4, -0.2) is 17.7 Å². The number of benzene rings is 1. The first-order chi connectivity index (χ1) is 6.08. The smallest absolute Gasteiger partial charge is 0.268 e. The minimum absolute atomic E-state index is 0.0259. The van der Waals surface area contributed by atoms with E-state index in [4.69, 9.17) is 15.1 Å². The zero-order valence-corrected chi connectivity index (χ0v) is 7.98. The molecule has 1 unspecified atom stereocenters. The van der Waals surface area contributed by atoms with Crippen molar-refractivity contribution in [1.29, 1.82) is 0 Å². The van der Waals surface area contributed by atoms with E-state index in [1.165, 1.54) is 0 Å². The third kappa shape index (κ3) is 4.68. The second-order valence-corrected chi connectivity index (χ2v) is 4.60. The molecule has 0 bridgehead atoms. The summed E-state index contributed by atoms with van der Waals surface area (Å²) in [6.07, 6.45) is -0.0259. The van der Waals surface area contributed by atoms with Gasteiger partial charge in [-0.25, -0.2) is 0 Å². The van der Waals surface area contributed by atoms with Crippen molar-refractivity contribution in [3.8, 4) is 5.75 Å². The van der Waals surface area contributed by atoms with Crippen LogP contribution in [-0.2, 0) is 4.57 Å². The maximum absolute atomic E-state index is 10.7. The summed E-state index contributed by atoms with van der Waals surface area (Å²) in [6.45, 7) is 0.161. The zero-order valence-electron chi connectivity index (χ0n) is 7.09. The average molecular weight is 201 g/mol. The molecule has 1 aromatic rings. The molecule has 1 atom stereocenters. The molecule has 0 aliphatic heterocycles. The van der Waals surface area contributed by atoms with E-state index >= 15 is 0 Å². The van der Waals surface area contributed by atoms with E-state index in [1.54, 1.807) is 12.1 Å². The molecule has 5 heteroatoms. The lowest BCUT2D eigenvalue weighted by molar-refractivity contribution is 0.335. The largest absolute Gasteiger partial charge is 0.493 e. The molecule has 0 fully saturated rings. The summed E-state index contributed by atoms with van der Waals surface area (Å²) in [7, 11) is -3.43. The van der Waals surface area contributed by atoms with Gasteiger partial charge in [-0.1, -0.05) is 18.2 Å². The standard InChI is InChI=1S/C8H12NO3P/c9-13(10,11)7-6-12-8-4-2-1-3-5-8/h1-5H,6-7H2,(H3,9,10,11). The van der Waals surface area contributed by atoms with Crippen molar-refractivity contribution in [1.82, 2.24) is 0 Å². The van der Waals surface area contributed by atoms with Crippen molar-refractivity contribution in [3.05, 3.63) is 30.3 Å². The zero-order chi connectivity index (χ0) is 9.73. The van der Waals surface area contributed by atoms with E-state index in [9.17, 15) is 4.57 Å². The summed E-state index contributed by atoms with van der Waals surface area (Å²) in [5, 5.41) is 0. The highest BCUT2D eigenvalue weighted by Crippen LogP contribution is 2.28. The maximum atomic E-state index is 10.7. The molecular formula is C8H12NO3P. The number of hydrogen-bond acceptors (Lipinski definition) is 2. The highest BCUT2D eigenvalue weighted by atomic mass is 31.2. The quantitative estimate of drug-likeness (QED) is 0.718. The Morgan fingerprint density at radius 2 is 2.00 bits per heavy atom. The lowest BCUT2D eigenvalue weighted by atomic mass is 10.3. The number of nitrogens with two attached hydrogens (primary N) is 1. The molecule has 0 saturated carbocycles. The first-order valence-corrected chi connectivity index (χ1v) is 5.77. The fourth-order valence-corrected chi connectivity index (χ4v) is 1.16. The lowest BCUT2D eigenvalue weighted by Crippen LogP contribution is -2.07. The molecule has 3 N–H and O–H groups in total. The van der Waals surface area contributed by atoms with Gasteiger partial charge in [-0.05, 0) is 12.1 Å². The Hall–Kier alpha value is -0.830. The second kappa shape index (κ2) is 4.42. The van der Waals surface area contributed by atoms with E-state index in [1.807, 2.05) is 18.2 Å². The molecule has 1 rings (SSSR count). The van der Waals surface area contributed by atoms with Gasteiger partial charge in [0.25, 0.3) is 7.52 Å². The minimum atomic E-state index is -3.43. The predicted octanol–water partition coefficient (Wildman–Crippen LogP) is 1.21. The van der Waals surface area contributed by atoms with Crippen LogP contribution in [0.15, 0.2) is 30.3 Å². The van der Waals surface area contributed by atoms with Crippen molar-refractivity contribution < 1.29 is 14.2 Å². The summed E-state index contributed by atoms with van der Waals surface area (Å²) in [5.41, 5.74) is 4.93. The van der Waals surface area contributed by atoms with E-state index in [0.717, 1.165) is 0 Å². The molecule has 13 heavy (non-hydrogen) atoms. The molecule has 72 valence electrons. The van der Waals surface area contributed by atoms with Crippen molar-refractivity contribution >= 4 is 7.52 Å². The van der Waals surface area contributed by atoms with Crippen molar-refractivity contribution in [3.63, 3.8) is 0 Å². The molecule has 0 saturated heterocycles. The first-order valence-electron chi connectivity index (χ1n) is 3.86. The van der Waals surface area contributed by atoms with E-state index < -0.39 is 7.52 Å². The summed E-state index contributed by atoms with van der Waals surface area (Å²) in [6, 6.07) is 9.08. The van der Waals surface area contributed by atoms with Gasteiger partial charge in [-0.15, -0.1) is 0 Å². The van der Waals surface area contributed by atoms with Gasteiger partial charge in [0.2, 0.25) is 0 Å². The molecule has 0 aromatic heterocycles. The van der Waals surface area contributed by atoms with E-state index in [0.29, 0.717) is 5.75 Å². The Labute approximate surface area is 76.8 Å². The van der Waals surface area contributed by atoms with Crippen LogP contribution in [0.3, 0.4) is 0 Å². The van der Waals surface area contributed by atoms with E-state index in [-0.39, 0.29) is 12.8 Å². The molecule has 0 amide bonds. The van der Waals surface area contributed by atoms with Gasteiger partial charge in [-0.2, -0.15) is 0 Å². The van der Waals surface area contributed by atoms with Gasteiger partial charge in [0.15, 0.2) is 0 Å². The summed E-state index contributed by atoms with van der Waals surface area (Å²) in [4.78, 5) is 8.75. The van der Waals surface area contributed by atoms with Crippen LogP contribution < -0.4 is 10.2 Å². The lowest BCUT2D eigenvalue weighted by Gasteiger charge is -2.07. The topological polar surface area (TPSA) is 72.6 Å². The third-order valence-electron chi connectivity index (χ3n) is 1.42. The SMILES string of the molecule is NP(=O)(O)CCOc1ccccc1. The van der Waals surface area contributed by atoms with Crippen molar-refractivity contribution in [2.45, 2.75) is 0 Å². The fourth-order valence-electron chi connectivity index (χ4n) is 0.811. The van der Waals surface area contributed by atoms with Crippen LogP contribution in [0, 0.1) is 0 Å². The monoisotopic (exact) mass is 201 g/mol. The molecule has 0 aliphatic rings. The maximum Gasteiger partial charge on any atom is 0.268 e. The summed E-state index contributed by atoms with van der Waals surface area (Å²) >= 11 is 0. The second-order valence-electron chi connectivity index (χ2n) is 2.64. The van der Waals surface area contributed by atoms with Gasteiger partial charge < -0.3 is 9.63 Å². The van der Waals surface area contributed by atoms with Crippen LogP contribution in [0.5, 0.6) is 5.75 Å². The first kappa shape index (κ1) is 10.3. The molecule has 0 aliphatic carbocycles. The number of para-hydroxylation sites is 1. The molecule has 4 nitrogen and oxygen atoms in total. The number of rotatable bonds is 4. The van der Waals surface area contributed by atoms with Gasteiger partial charge >= 0.3 is 0 Å². The summed E-state index contributed by atoms with van der Waals surface area (Å²) < 4.78 is 15.8. The van der Waals surface area contributed by atoms with Gasteiger partial charge in [-0.3, -0.25) is 10.1 Å². The molecule has 1 aromatic carbocycles. The summed E-state index contributed by atoms with van der Waals surface area (Å²) in [5.74, 6) is 0.677. The highest BCUT2D eigenvalue weighted by Gasteiger charge is 2.09. The normalized spacial score (nSPS) is 14.9. The Morgan fingerprint density at radius 1 is 1.38 bits per heavy atom. The van der Waals surface area contributed by atoms with Crippen LogP contribution in [0.4, 0.5) is 0 Å². The molecule has 0 radical (unpaired) electrons. The van der Waals surface area contributed by atoms with Gasteiger partial charge in [0.05, 0.1) is 12.8 Å². The Morgan fingerprint density at radius 3 is 2.54 bits per heavy atom. The number of ether oxygens (including phenoxy) is 1. The van der Waals surface area contributed by atoms with Crippen LogP contribution in [0.2, 0.25) is 0 Å². The molecule has 0 heterocycles. The van der Waals surface area contributed by atoms with Crippen molar-refractivity contribution in [2.75, 3.05) is 12.8 Å². The average Bonchev–Trinajstić information content (AvgIpc) is 2.04. The van der Waals surface area contributed by atoms with E-state index in [2.05, 4.69) is 0 Å². The number of hydrogen-bond donors (Lipinski definition) is 2. The highest BCUT2D eigenvalue weighted by molar-refractivity contribution is 7.55. The molecular weight excluding hydrogens is 189 g/mol. The van der Waals surface area contributed by atoms with Crippen LogP contribution in [0.25, 0.3) is 0 Å². The fraction of sp³-hybridized carbons (Fsp3) is 0.250.